The highest BCUT2D eigenvalue weighted by atomic mass is 35.5. The summed E-state index contributed by atoms with van der Waals surface area (Å²) in [5, 5.41) is 3.36. The molecule has 3 rings (SSSR count). The van der Waals surface area contributed by atoms with E-state index in [0.29, 0.717) is 30.1 Å². The molecule has 0 bridgehead atoms. The van der Waals surface area contributed by atoms with Crippen molar-refractivity contribution < 1.29 is 13.2 Å². The number of carbonyl (C=O) groups is 1. The van der Waals surface area contributed by atoms with Gasteiger partial charge in [0.2, 0.25) is 15.9 Å². The van der Waals surface area contributed by atoms with Gasteiger partial charge in [0.05, 0.1) is 5.75 Å². The smallest absolute Gasteiger partial charge is 0.242 e. The number of anilines is 1. The summed E-state index contributed by atoms with van der Waals surface area (Å²) < 4.78 is 27.0. The number of aryl methyl sites for hydroxylation is 1. The highest BCUT2D eigenvalue weighted by Gasteiger charge is 2.38. The van der Waals surface area contributed by atoms with Gasteiger partial charge in [0.25, 0.3) is 0 Å². The van der Waals surface area contributed by atoms with E-state index in [2.05, 4.69) is 5.32 Å². The number of halogens is 1. The molecule has 0 saturated carbocycles. The summed E-state index contributed by atoms with van der Waals surface area (Å²) in [6.07, 6.45) is 1.19. The van der Waals surface area contributed by atoms with Gasteiger partial charge in [0, 0.05) is 17.3 Å². The molecule has 138 valence electrons. The van der Waals surface area contributed by atoms with Crippen LogP contribution in [0.2, 0.25) is 5.02 Å². The Morgan fingerprint density at radius 3 is 2.65 bits per heavy atom. The van der Waals surface area contributed by atoms with Gasteiger partial charge in [-0.15, -0.1) is 0 Å². The molecule has 1 aliphatic heterocycles. The monoisotopic (exact) mass is 392 g/mol. The van der Waals surface area contributed by atoms with Crippen molar-refractivity contribution in [2.24, 2.45) is 0 Å². The van der Waals surface area contributed by atoms with E-state index in [-0.39, 0.29) is 11.7 Å². The van der Waals surface area contributed by atoms with Gasteiger partial charge in [-0.3, -0.25) is 4.79 Å². The molecule has 5 nitrogen and oxygen atoms in total. The highest BCUT2D eigenvalue weighted by Crippen LogP contribution is 2.25. The minimum Gasteiger partial charge on any atom is -0.325 e. The molecule has 1 fully saturated rings. The van der Waals surface area contributed by atoms with Crippen LogP contribution in [0.25, 0.3) is 0 Å². The molecule has 1 heterocycles. The second kappa shape index (κ2) is 7.78. The van der Waals surface area contributed by atoms with E-state index >= 15 is 0 Å². The maximum Gasteiger partial charge on any atom is 0.242 e. The predicted molar refractivity (Wildman–Crippen MR) is 104 cm³/mol. The van der Waals surface area contributed by atoms with Crippen LogP contribution < -0.4 is 5.32 Å². The molecule has 2 aromatic rings. The van der Waals surface area contributed by atoms with Crippen LogP contribution in [0.1, 0.15) is 24.0 Å². The van der Waals surface area contributed by atoms with Gasteiger partial charge in [0.1, 0.15) is 6.04 Å². The minimum atomic E-state index is -3.57. The van der Waals surface area contributed by atoms with Crippen molar-refractivity contribution >= 4 is 33.2 Å². The molecular weight excluding hydrogens is 372 g/mol. The van der Waals surface area contributed by atoms with Gasteiger partial charge in [-0.25, -0.2) is 8.42 Å². The number of benzene rings is 2. The third-order valence-corrected chi connectivity index (χ3v) is 6.51. The number of hydrogen-bond acceptors (Lipinski definition) is 3. The first-order valence-corrected chi connectivity index (χ1v) is 10.5. The Kier molecular flexibility index (Phi) is 5.65. The third kappa shape index (κ3) is 4.44. The summed E-state index contributed by atoms with van der Waals surface area (Å²) in [5.41, 5.74) is 2.34. The molecule has 0 aromatic heterocycles. The van der Waals surface area contributed by atoms with Crippen molar-refractivity contribution in [3.05, 3.63) is 64.7 Å². The van der Waals surface area contributed by atoms with E-state index < -0.39 is 16.1 Å². The van der Waals surface area contributed by atoms with Crippen LogP contribution in [0.3, 0.4) is 0 Å². The van der Waals surface area contributed by atoms with Crippen LogP contribution in [-0.2, 0) is 20.6 Å². The van der Waals surface area contributed by atoms with Crippen molar-refractivity contribution in [3.8, 4) is 0 Å². The van der Waals surface area contributed by atoms with Gasteiger partial charge in [-0.1, -0.05) is 41.4 Å². The molecule has 0 aliphatic carbocycles. The molecule has 26 heavy (non-hydrogen) atoms. The zero-order chi connectivity index (χ0) is 18.7. The van der Waals surface area contributed by atoms with E-state index in [4.69, 9.17) is 11.6 Å². The summed E-state index contributed by atoms with van der Waals surface area (Å²) in [6.45, 7) is 2.29. The van der Waals surface area contributed by atoms with Crippen molar-refractivity contribution in [2.45, 2.75) is 31.6 Å². The topological polar surface area (TPSA) is 66.5 Å². The van der Waals surface area contributed by atoms with E-state index in [1.54, 1.807) is 30.3 Å². The fraction of sp³-hybridized carbons (Fsp3) is 0.316. The maximum absolute atomic E-state index is 12.9. The Morgan fingerprint density at radius 1 is 1.23 bits per heavy atom. The zero-order valence-electron chi connectivity index (χ0n) is 14.5. The van der Waals surface area contributed by atoms with Crippen LogP contribution in [0, 0.1) is 6.92 Å². The number of carbonyl (C=O) groups excluding carboxylic acids is 1. The van der Waals surface area contributed by atoms with Gasteiger partial charge in [-0.2, -0.15) is 4.31 Å². The Hall–Kier alpha value is -1.89. The average Bonchev–Trinajstić information content (AvgIpc) is 3.07. The van der Waals surface area contributed by atoms with Crippen LogP contribution in [0.5, 0.6) is 0 Å². The lowest BCUT2D eigenvalue weighted by atomic mass is 10.2. The van der Waals surface area contributed by atoms with E-state index in [1.807, 2.05) is 25.1 Å². The van der Waals surface area contributed by atoms with E-state index in [1.165, 1.54) is 4.31 Å². The molecule has 1 atom stereocenters. The first-order chi connectivity index (χ1) is 12.3. The quantitative estimate of drug-likeness (QED) is 0.845. The summed E-state index contributed by atoms with van der Waals surface area (Å²) in [7, 11) is -3.57. The largest absolute Gasteiger partial charge is 0.325 e. The summed E-state index contributed by atoms with van der Waals surface area (Å²) in [5.74, 6) is -0.406. The Labute approximate surface area is 159 Å². The second-order valence-corrected chi connectivity index (χ2v) is 8.87. The molecule has 1 amide bonds. The molecule has 1 aliphatic rings. The second-order valence-electron chi connectivity index (χ2n) is 6.51. The van der Waals surface area contributed by atoms with Gasteiger partial charge in [-0.05, 0) is 49.6 Å². The lowest BCUT2D eigenvalue weighted by Gasteiger charge is -2.23. The highest BCUT2D eigenvalue weighted by molar-refractivity contribution is 7.88. The van der Waals surface area contributed by atoms with Crippen LogP contribution in [-0.4, -0.2) is 31.2 Å². The summed E-state index contributed by atoms with van der Waals surface area (Å²) >= 11 is 5.85. The molecular formula is C19H21ClN2O3S. The average molecular weight is 393 g/mol. The molecule has 0 unspecified atom stereocenters. The molecule has 0 radical (unpaired) electrons. The first kappa shape index (κ1) is 18.9. The molecule has 1 saturated heterocycles. The Bertz CT molecular complexity index is 897. The van der Waals surface area contributed by atoms with Gasteiger partial charge < -0.3 is 5.32 Å². The molecule has 0 spiro atoms. The summed E-state index contributed by atoms with van der Waals surface area (Å²) in [6, 6.07) is 13.5. The summed E-state index contributed by atoms with van der Waals surface area (Å²) in [4.78, 5) is 12.6. The maximum atomic E-state index is 12.9. The molecule has 7 heteroatoms. The van der Waals surface area contributed by atoms with Crippen molar-refractivity contribution in [1.82, 2.24) is 4.31 Å². The number of rotatable bonds is 5. The first-order valence-electron chi connectivity index (χ1n) is 8.47. The Balaban J connectivity index is 1.74. The number of hydrogen-bond donors (Lipinski definition) is 1. The van der Waals surface area contributed by atoms with Crippen LogP contribution in [0.15, 0.2) is 48.5 Å². The van der Waals surface area contributed by atoms with Crippen molar-refractivity contribution in [2.75, 3.05) is 11.9 Å². The molecule has 1 N–H and O–H groups in total. The van der Waals surface area contributed by atoms with E-state index in [0.717, 1.165) is 11.1 Å². The number of amides is 1. The van der Waals surface area contributed by atoms with E-state index in [9.17, 15) is 13.2 Å². The lowest BCUT2D eigenvalue weighted by molar-refractivity contribution is -0.119. The predicted octanol–water partition coefficient (Wildman–Crippen LogP) is 3.58. The standard InChI is InChI=1S/C19H21ClN2O3S/c1-14-4-2-5-15(12-14)13-26(24,25)22-11-3-6-18(22)19(23)21-17-9-7-16(20)8-10-17/h2,4-5,7-10,12,18H,3,6,11,13H2,1H3,(H,21,23)/t18-/m0/s1. The minimum absolute atomic E-state index is 0.0978. The van der Waals surface area contributed by atoms with Crippen molar-refractivity contribution in [3.63, 3.8) is 0 Å². The number of nitrogens with zero attached hydrogens (tertiary/aromatic N) is 1. The fourth-order valence-corrected chi connectivity index (χ4v) is 5.08. The van der Waals surface area contributed by atoms with Crippen molar-refractivity contribution in [1.29, 1.82) is 0 Å². The SMILES string of the molecule is Cc1cccc(CS(=O)(=O)N2CCC[C@H]2C(=O)Nc2ccc(Cl)cc2)c1. The molecule has 2 aromatic carbocycles. The third-order valence-electron chi connectivity index (χ3n) is 4.41. The Morgan fingerprint density at radius 2 is 1.96 bits per heavy atom. The lowest BCUT2D eigenvalue weighted by Crippen LogP contribution is -2.43. The normalized spacial score (nSPS) is 18.0. The number of sulfonamides is 1. The number of nitrogens with one attached hydrogen (secondary N) is 1. The van der Waals surface area contributed by atoms with Crippen LogP contribution >= 0.6 is 11.6 Å². The fourth-order valence-electron chi connectivity index (χ4n) is 3.19. The zero-order valence-corrected chi connectivity index (χ0v) is 16.1. The van der Waals surface area contributed by atoms with Gasteiger partial charge in [0.15, 0.2) is 0 Å². The van der Waals surface area contributed by atoms with Crippen LogP contribution in [0.4, 0.5) is 5.69 Å². The van der Waals surface area contributed by atoms with Gasteiger partial charge >= 0.3 is 0 Å².